The van der Waals surface area contributed by atoms with Crippen LogP contribution in [-0.2, 0) is 26.0 Å². The summed E-state index contributed by atoms with van der Waals surface area (Å²) < 4.78 is 28.8. The van der Waals surface area contributed by atoms with E-state index in [1.807, 2.05) is 58.0 Å². The quantitative estimate of drug-likeness (QED) is 0.289. The van der Waals surface area contributed by atoms with Crippen molar-refractivity contribution in [1.82, 2.24) is 10.2 Å². The van der Waals surface area contributed by atoms with Crippen LogP contribution in [0, 0.1) is 12.8 Å². The van der Waals surface area contributed by atoms with Crippen molar-refractivity contribution < 1.29 is 18.0 Å². The van der Waals surface area contributed by atoms with Crippen LogP contribution in [0.4, 0.5) is 5.69 Å². The molecular weight excluding hydrogens is 546 g/mol. The molecule has 0 aromatic heterocycles. The molecule has 0 aliphatic rings. The lowest BCUT2D eigenvalue weighted by molar-refractivity contribution is -0.139. The molecule has 0 saturated carbocycles. The summed E-state index contributed by atoms with van der Waals surface area (Å²) in [6, 6.07) is 21.8. The highest BCUT2D eigenvalue weighted by Gasteiger charge is 2.33. The fourth-order valence-corrected chi connectivity index (χ4v) is 5.91. The second-order valence-corrected chi connectivity index (χ2v) is 12.5. The van der Waals surface area contributed by atoms with Crippen LogP contribution in [-0.4, -0.2) is 50.8 Å². The Morgan fingerprint density at radius 1 is 0.950 bits per heavy atom. The highest BCUT2D eigenvalue weighted by Crippen LogP contribution is 2.27. The van der Waals surface area contributed by atoms with E-state index in [0.29, 0.717) is 24.4 Å². The summed E-state index contributed by atoms with van der Waals surface area (Å²) in [6.07, 6.45) is 0.898. The Morgan fingerprint density at radius 3 is 2.23 bits per heavy atom. The van der Waals surface area contributed by atoms with Crippen molar-refractivity contribution >= 4 is 39.1 Å². The number of carbonyl (C=O) groups excluding carboxylic acids is 2. The van der Waals surface area contributed by atoms with Crippen LogP contribution in [0.25, 0.3) is 0 Å². The zero-order valence-corrected chi connectivity index (χ0v) is 25.1. The number of benzene rings is 3. The fraction of sp³-hybridized carbons (Fsp3) is 0.355. The standard InChI is InChI=1S/C31H38ClN3O4S/c1-5-29(31(37)33-21-23(2)3)34(19-18-25-10-7-6-8-11-25)30(36)22-35(27-13-9-12-26(32)20-27)40(38,39)28-16-14-24(4)15-17-28/h6-17,20,23,29H,5,18-19,21-22H2,1-4H3,(H,33,37)/t29-/m1/s1. The molecule has 0 fully saturated rings. The van der Waals surface area contributed by atoms with Crippen LogP contribution in [0.5, 0.6) is 0 Å². The smallest absolute Gasteiger partial charge is 0.264 e. The van der Waals surface area contributed by atoms with E-state index < -0.39 is 28.5 Å². The molecule has 0 saturated heterocycles. The van der Waals surface area contributed by atoms with Gasteiger partial charge in [-0.25, -0.2) is 8.42 Å². The number of hydrogen-bond donors (Lipinski definition) is 1. The van der Waals surface area contributed by atoms with E-state index in [4.69, 9.17) is 11.6 Å². The molecule has 0 aliphatic heterocycles. The third kappa shape index (κ3) is 8.32. The van der Waals surface area contributed by atoms with Crippen molar-refractivity contribution in [1.29, 1.82) is 0 Å². The van der Waals surface area contributed by atoms with Crippen molar-refractivity contribution in [2.45, 2.75) is 51.5 Å². The number of nitrogens with one attached hydrogen (secondary N) is 1. The molecule has 1 N–H and O–H groups in total. The second-order valence-electron chi connectivity index (χ2n) is 10.2. The molecule has 3 aromatic carbocycles. The minimum Gasteiger partial charge on any atom is -0.354 e. The lowest BCUT2D eigenvalue weighted by Crippen LogP contribution is -2.53. The van der Waals surface area contributed by atoms with Crippen LogP contribution in [0.1, 0.15) is 38.3 Å². The normalized spacial score (nSPS) is 12.2. The maximum Gasteiger partial charge on any atom is 0.264 e. The molecule has 0 aliphatic carbocycles. The molecule has 0 spiro atoms. The lowest BCUT2D eigenvalue weighted by Gasteiger charge is -2.33. The predicted octanol–water partition coefficient (Wildman–Crippen LogP) is 5.47. The van der Waals surface area contributed by atoms with Gasteiger partial charge in [-0.3, -0.25) is 13.9 Å². The zero-order chi connectivity index (χ0) is 29.3. The zero-order valence-electron chi connectivity index (χ0n) is 23.5. The maximum atomic E-state index is 14.0. The summed E-state index contributed by atoms with van der Waals surface area (Å²) in [5.74, 6) is -0.487. The molecule has 1 atom stereocenters. The van der Waals surface area contributed by atoms with E-state index in [2.05, 4.69) is 5.32 Å². The van der Waals surface area contributed by atoms with Crippen molar-refractivity contribution in [3.05, 3.63) is 95.0 Å². The van der Waals surface area contributed by atoms with Gasteiger partial charge in [0, 0.05) is 18.1 Å². The molecule has 40 heavy (non-hydrogen) atoms. The SMILES string of the molecule is CC[C@H](C(=O)NCC(C)C)N(CCc1ccccc1)C(=O)CN(c1cccc(Cl)c1)S(=O)(=O)c1ccc(C)cc1. The molecule has 7 nitrogen and oxygen atoms in total. The first-order valence-corrected chi connectivity index (χ1v) is 15.3. The number of aryl methyl sites for hydroxylation is 1. The molecule has 2 amide bonds. The van der Waals surface area contributed by atoms with Gasteiger partial charge in [0.15, 0.2) is 0 Å². The first-order valence-electron chi connectivity index (χ1n) is 13.5. The molecule has 0 unspecified atom stereocenters. The largest absolute Gasteiger partial charge is 0.354 e. The predicted molar refractivity (Wildman–Crippen MR) is 161 cm³/mol. The van der Waals surface area contributed by atoms with Gasteiger partial charge in [-0.15, -0.1) is 0 Å². The fourth-order valence-electron chi connectivity index (χ4n) is 4.32. The molecule has 9 heteroatoms. The Balaban J connectivity index is 1.99. The van der Waals surface area contributed by atoms with Crippen LogP contribution in [0.2, 0.25) is 5.02 Å². The summed E-state index contributed by atoms with van der Waals surface area (Å²) in [7, 11) is -4.13. The Kier molecular flexibility index (Phi) is 11.2. The van der Waals surface area contributed by atoms with Crippen LogP contribution in [0.15, 0.2) is 83.8 Å². The Bertz CT molecular complexity index is 1380. The minimum absolute atomic E-state index is 0.0587. The third-order valence-corrected chi connectivity index (χ3v) is 8.56. The van der Waals surface area contributed by atoms with E-state index in [1.165, 1.54) is 23.1 Å². The third-order valence-electron chi connectivity index (χ3n) is 6.54. The number of rotatable bonds is 13. The Hall–Kier alpha value is -3.36. The van der Waals surface area contributed by atoms with Crippen LogP contribution < -0.4 is 9.62 Å². The molecule has 0 radical (unpaired) electrons. The number of hydrogen-bond acceptors (Lipinski definition) is 4. The molecular formula is C31H38ClN3O4S. The van der Waals surface area contributed by atoms with Gasteiger partial charge < -0.3 is 10.2 Å². The topological polar surface area (TPSA) is 86.8 Å². The van der Waals surface area contributed by atoms with Gasteiger partial charge in [0.2, 0.25) is 11.8 Å². The number of sulfonamides is 1. The summed E-state index contributed by atoms with van der Waals surface area (Å²) >= 11 is 6.23. The molecule has 3 aromatic rings. The van der Waals surface area contributed by atoms with Crippen molar-refractivity contribution in [2.75, 3.05) is 23.9 Å². The summed E-state index contributed by atoms with van der Waals surface area (Å²) in [5, 5.41) is 3.28. The number of halogens is 1. The lowest BCUT2D eigenvalue weighted by atomic mass is 10.1. The Labute approximate surface area is 243 Å². The molecule has 0 bridgehead atoms. The average Bonchev–Trinajstić information content (AvgIpc) is 2.93. The van der Waals surface area contributed by atoms with Crippen molar-refractivity contribution in [2.24, 2.45) is 5.92 Å². The van der Waals surface area contributed by atoms with Crippen molar-refractivity contribution in [3.63, 3.8) is 0 Å². The summed E-state index contributed by atoms with van der Waals surface area (Å²) in [4.78, 5) is 28.8. The van der Waals surface area contributed by atoms with Gasteiger partial charge in [0.1, 0.15) is 12.6 Å². The molecule has 0 heterocycles. The highest BCUT2D eigenvalue weighted by molar-refractivity contribution is 7.92. The first-order chi connectivity index (χ1) is 19.0. The van der Waals surface area contributed by atoms with Gasteiger partial charge in [0.25, 0.3) is 10.0 Å². The maximum absolute atomic E-state index is 14.0. The van der Waals surface area contributed by atoms with E-state index in [9.17, 15) is 18.0 Å². The number of carbonyl (C=O) groups is 2. The highest BCUT2D eigenvalue weighted by atomic mass is 35.5. The Morgan fingerprint density at radius 2 is 1.62 bits per heavy atom. The van der Waals surface area contributed by atoms with Gasteiger partial charge in [0.05, 0.1) is 10.6 Å². The number of anilines is 1. The van der Waals surface area contributed by atoms with E-state index in [-0.39, 0.29) is 29.0 Å². The van der Waals surface area contributed by atoms with Crippen LogP contribution in [0.3, 0.4) is 0 Å². The first kappa shape index (κ1) is 31.2. The van der Waals surface area contributed by atoms with Gasteiger partial charge in [-0.1, -0.05) is 86.5 Å². The van der Waals surface area contributed by atoms with Crippen LogP contribution >= 0.6 is 11.6 Å². The second kappa shape index (κ2) is 14.3. The monoisotopic (exact) mass is 583 g/mol. The number of amides is 2. The van der Waals surface area contributed by atoms with Gasteiger partial charge >= 0.3 is 0 Å². The summed E-state index contributed by atoms with van der Waals surface area (Å²) in [6.45, 7) is 7.96. The average molecular weight is 584 g/mol. The van der Waals surface area contributed by atoms with Gasteiger partial charge in [-0.05, 0) is 61.6 Å². The molecule has 3 rings (SSSR count). The van der Waals surface area contributed by atoms with Crippen molar-refractivity contribution in [3.8, 4) is 0 Å². The minimum atomic E-state index is -4.13. The molecule has 214 valence electrons. The van der Waals surface area contributed by atoms with E-state index >= 15 is 0 Å². The van der Waals surface area contributed by atoms with E-state index in [0.717, 1.165) is 15.4 Å². The van der Waals surface area contributed by atoms with E-state index in [1.54, 1.807) is 30.3 Å². The number of nitrogens with zero attached hydrogens (tertiary/aromatic N) is 2. The summed E-state index contributed by atoms with van der Waals surface area (Å²) in [5.41, 5.74) is 2.19. The van der Waals surface area contributed by atoms with Gasteiger partial charge in [-0.2, -0.15) is 0 Å².